The Morgan fingerprint density at radius 2 is 0.851 bits per heavy atom. The van der Waals surface area contributed by atoms with Crippen molar-refractivity contribution in [2.45, 2.75) is 186 Å². The number of likely N-dealkylation sites (tertiary alicyclic amines) is 7. The van der Waals surface area contributed by atoms with E-state index >= 15 is 0 Å². The van der Waals surface area contributed by atoms with E-state index in [2.05, 4.69) is 64.0 Å². The fourth-order valence-corrected chi connectivity index (χ4v) is 22.3. The zero-order chi connectivity index (χ0) is 82.2. The van der Waals surface area contributed by atoms with Crippen molar-refractivity contribution in [1.82, 2.24) is 42.9 Å². The molecule has 0 aliphatic carbocycles. The van der Waals surface area contributed by atoms with Crippen LogP contribution in [0.15, 0.2) is 54.6 Å². The van der Waals surface area contributed by atoms with Gasteiger partial charge in [0.2, 0.25) is 20.0 Å². The Bertz CT molecular complexity index is 4200. The first-order chi connectivity index (χ1) is 53.4. The summed E-state index contributed by atoms with van der Waals surface area (Å²) in [5.74, 6) is 0. The van der Waals surface area contributed by atoms with Gasteiger partial charge < -0.3 is 48.5 Å². The number of halogens is 11. The highest BCUT2D eigenvalue weighted by Crippen LogP contribution is 2.49. The van der Waals surface area contributed by atoms with Gasteiger partial charge in [-0.25, -0.2) is 39.8 Å². The van der Waals surface area contributed by atoms with Crippen molar-refractivity contribution in [3.8, 4) is 0 Å². The molecule has 3 aromatic rings. The lowest BCUT2D eigenvalue weighted by molar-refractivity contribution is -0.202. The Morgan fingerprint density at radius 1 is 0.439 bits per heavy atom. The molecule has 0 N–H and O–H groups in total. The average molecular weight is 1690 g/mol. The molecular formula is C79H111Cl2F9N12O10S2. The molecule has 114 heavy (non-hydrogen) atoms. The summed E-state index contributed by atoms with van der Waals surface area (Å²) in [6, 6.07) is 16.4. The lowest BCUT2D eigenvalue weighted by Crippen LogP contribution is -2.69. The van der Waals surface area contributed by atoms with E-state index in [9.17, 15) is 70.7 Å². The lowest BCUT2D eigenvalue weighted by atomic mass is 9.72. The van der Waals surface area contributed by atoms with Gasteiger partial charge in [-0.15, -0.1) is 0 Å². The van der Waals surface area contributed by atoms with Crippen LogP contribution >= 0.6 is 23.2 Å². The van der Waals surface area contributed by atoms with Crippen molar-refractivity contribution in [3.05, 3.63) is 86.9 Å². The smallest absolute Gasteiger partial charge is 0.425 e. The van der Waals surface area contributed by atoms with Crippen molar-refractivity contribution < 1.29 is 84.9 Å². The fraction of sp³-hybridized carbons (Fsp3) is 0.734. The number of amides is 3. The molecule has 3 atom stereocenters. The fourth-order valence-electron chi connectivity index (χ4n) is 19.9. The molecule has 3 amide bonds. The average Bonchev–Trinajstić information content (AvgIpc) is 1.42. The van der Waals surface area contributed by atoms with Crippen LogP contribution in [-0.4, -0.2) is 283 Å². The first-order valence-corrected chi connectivity index (χ1v) is 44.7. The van der Waals surface area contributed by atoms with Crippen LogP contribution in [0.4, 0.5) is 71.0 Å². The minimum Gasteiger partial charge on any atom is -0.447 e. The SMILES string of the molecule is CC(C)OC(=O)N1CC2(CCCN2Cc2cc(Cl)cc(N3CCC4(CC3)CN(S(C)(=O)=O)C4)c2)C1.CC(OC(=O)N1CCC2(CCN(Cc3ccc(C(F)(F)F)cc3N3CCC4(CC3)CCN(S(C)(=O)=O)C4)C2)C1)C(F)(F)F.CCN1CC2(CCN(c3cc(Cl)cc(CN4CCCC45CN(C(=O)OC(C)C(F)(F)F)C5)c3)CC2)C1. The predicted octanol–water partition coefficient (Wildman–Crippen LogP) is 13.3. The van der Waals surface area contributed by atoms with Gasteiger partial charge in [-0.1, -0.05) is 36.2 Å². The second kappa shape index (κ2) is 32.9. The van der Waals surface area contributed by atoms with E-state index in [1.165, 1.54) is 70.2 Å². The Labute approximate surface area is 674 Å². The number of piperidine rings is 3. The first-order valence-electron chi connectivity index (χ1n) is 40.3. The molecular weight excluding hydrogens is 1580 g/mol. The lowest BCUT2D eigenvalue weighted by Gasteiger charge is -2.54. The Balaban J connectivity index is 0.000000150. The number of carbonyl (C=O) groups excluding carboxylic acids is 3. The molecule has 3 aromatic carbocycles. The molecule has 12 aliphatic heterocycles. The number of sulfonamides is 2. The van der Waals surface area contributed by atoms with Crippen LogP contribution < -0.4 is 14.7 Å². The maximum atomic E-state index is 13.7. The van der Waals surface area contributed by atoms with E-state index < -0.39 is 68.5 Å². The van der Waals surface area contributed by atoms with Crippen LogP contribution in [0.2, 0.25) is 10.0 Å². The topological polar surface area (TPSA) is 186 Å². The summed E-state index contributed by atoms with van der Waals surface area (Å²) in [7, 11) is -6.38. The van der Waals surface area contributed by atoms with Crippen LogP contribution in [0.5, 0.6) is 0 Å². The molecule has 3 unspecified atom stereocenters. The normalized spacial score (nSPS) is 25.0. The summed E-state index contributed by atoms with van der Waals surface area (Å²) in [6.07, 6.45) is -5.72. The molecule has 0 aromatic heterocycles. The Morgan fingerprint density at radius 3 is 1.31 bits per heavy atom. The van der Waals surface area contributed by atoms with Gasteiger partial charge in [-0.05, 0) is 213 Å². The summed E-state index contributed by atoms with van der Waals surface area (Å²) < 4.78 is 183. The third-order valence-corrected chi connectivity index (χ3v) is 29.8. The number of rotatable bonds is 15. The molecule has 0 radical (unpaired) electrons. The molecule has 35 heteroatoms. The third-order valence-electron chi connectivity index (χ3n) is 26.9. The molecule has 12 saturated heterocycles. The summed E-state index contributed by atoms with van der Waals surface area (Å²) in [4.78, 5) is 57.7. The van der Waals surface area contributed by atoms with Gasteiger partial charge in [-0.3, -0.25) is 14.7 Å². The molecule has 22 nitrogen and oxygen atoms in total. The number of carbonyl (C=O) groups is 3. The molecule has 0 bridgehead atoms. The molecule has 12 aliphatic rings. The molecule has 636 valence electrons. The van der Waals surface area contributed by atoms with Gasteiger partial charge in [0, 0.05) is 182 Å². The number of hydrogen-bond acceptors (Lipinski definition) is 17. The predicted molar refractivity (Wildman–Crippen MR) is 418 cm³/mol. The quantitative estimate of drug-likeness (QED) is 0.103. The van der Waals surface area contributed by atoms with Gasteiger partial charge in [0.1, 0.15) is 0 Å². The van der Waals surface area contributed by atoms with Crippen LogP contribution in [0, 0.1) is 21.7 Å². The first kappa shape index (κ1) is 86.3. The van der Waals surface area contributed by atoms with Crippen molar-refractivity contribution in [1.29, 1.82) is 0 Å². The standard InChI is InChI=1S/C28H38F6N4O4S.C26H36ClF3N4O2.C25H37ClN4O4S/c1-20(27(29,30)31)42-24(39)37-13-8-26(18-37)5-10-35(17-26)16-21-3-4-22(28(32,33)34)15-23(21)36-11-6-25(7-12-36)9-14-38(19-25)43(2,40)41;1-3-31-15-24(16-31)6-9-32(10-7-24)22-12-20(11-21(27)13-22)14-34-8-4-5-25(34)17-33(18-25)23(35)36-19(2)26(28,29)30;1-19(2)34-23(31)28-17-25(18-28)5-4-8-29(25)14-20-11-21(26)13-22(12-20)27-9-6-24(7-10-27)15-30(16-24)35(3,32)33/h3-4,15,20H,5-14,16-19H2,1-2H3;11-13,19H,3-10,14-18H2,1-2H3;11-13,19H,4-10,14-18H2,1-3H3. The van der Waals surface area contributed by atoms with Crippen LogP contribution in [0.25, 0.3) is 0 Å². The third kappa shape index (κ3) is 19.5. The van der Waals surface area contributed by atoms with Crippen molar-refractivity contribution in [2.24, 2.45) is 21.7 Å². The summed E-state index contributed by atoms with van der Waals surface area (Å²) in [6.45, 7) is 26.2. The molecule has 6 spiro atoms. The second-order valence-corrected chi connectivity index (χ2v) is 40.4. The van der Waals surface area contributed by atoms with E-state index in [0.717, 1.165) is 163 Å². The van der Waals surface area contributed by atoms with E-state index in [4.69, 9.17) is 27.9 Å². The number of hydrogen-bond donors (Lipinski definition) is 0. The van der Waals surface area contributed by atoms with Crippen molar-refractivity contribution in [2.75, 3.05) is 178 Å². The van der Waals surface area contributed by atoms with E-state index in [-0.39, 0.29) is 52.6 Å². The van der Waals surface area contributed by atoms with E-state index in [1.807, 2.05) is 41.8 Å². The summed E-state index contributed by atoms with van der Waals surface area (Å²) in [5.41, 5.74) is 5.16. The van der Waals surface area contributed by atoms with Crippen LogP contribution in [0.1, 0.15) is 140 Å². The van der Waals surface area contributed by atoms with Crippen LogP contribution in [-0.2, 0) is 60.1 Å². The molecule has 12 heterocycles. The van der Waals surface area contributed by atoms with Gasteiger partial charge >= 0.3 is 36.8 Å². The maximum Gasteiger partial charge on any atom is 0.425 e. The monoisotopic (exact) mass is 1690 g/mol. The second-order valence-electron chi connectivity index (χ2n) is 35.5. The van der Waals surface area contributed by atoms with Crippen molar-refractivity contribution in [3.63, 3.8) is 0 Å². The minimum atomic E-state index is -4.64. The summed E-state index contributed by atoms with van der Waals surface area (Å²) >= 11 is 13.1. The Hall–Kier alpha value is -5.52. The van der Waals surface area contributed by atoms with Gasteiger partial charge in [0.15, 0.2) is 12.2 Å². The summed E-state index contributed by atoms with van der Waals surface area (Å²) in [5, 5.41) is 1.46. The number of anilines is 3. The number of nitrogens with zero attached hydrogens (tertiary/aromatic N) is 12. The molecule has 12 fully saturated rings. The maximum absolute atomic E-state index is 13.7. The zero-order valence-corrected chi connectivity index (χ0v) is 69.6. The van der Waals surface area contributed by atoms with Crippen molar-refractivity contribution >= 4 is 78.6 Å². The molecule has 0 saturated carbocycles. The van der Waals surface area contributed by atoms with Crippen LogP contribution in [0.3, 0.4) is 0 Å². The zero-order valence-electron chi connectivity index (χ0n) is 66.4. The Kier molecular flexibility index (Phi) is 24.9. The van der Waals surface area contributed by atoms with E-state index in [0.29, 0.717) is 115 Å². The highest BCUT2D eigenvalue weighted by atomic mass is 35.5. The highest BCUT2D eigenvalue weighted by Gasteiger charge is 2.56. The highest BCUT2D eigenvalue weighted by molar-refractivity contribution is 7.88. The minimum absolute atomic E-state index is 0.0473. The van der Waals surface area contributed by atoms with Gasteiger partial charge in [-0.2, -0.15) is 39.5 Å². The molecule has 15 rings (SSSR count). The number of ether oxygens (including phenoxy) is 3. The van der Waals surface area contributed by atoms with E-state index in [1.54, 1.807) is 4.31 Å². The van der Waals surface area contributed by atoms with Gasteiger partial charge in [0.05, 0.1) is 35.3 Å². The number of benzene rings is 3. The number of alkyl halides is 9. The van der Waals surface area contributed by atoms with Gasteiger partial charge in [0.25, 0.3) is 0 Å². The largest absolute Gasteiger partial charge is 0.447 e.